The summed E-state index contributed by atoms with van der Waals surface area (Å²) in [6, 6.07) is 11.6. The lowest BCUT2D eigenvalue weighted by Crippen LogP contribution is -2.23. The minimum Gasteiger partial charge on any atom is -0.497 e. The molecule has 0 bridgehead atoms. The number of sulfone groups is 2. The van der Waals surface area contributed by atoms with Crippen molar-refractivity contribution in [1.82, 2.24) is 9.83 Å². The van der Waals surface area contributed by atoms with Crippen LogP contribution in [0.4, 0.5) is 0 Å². The monoisotopic (exact) mass is 505 g/mol. The van der Waals surface area contributed by atoms with Crippen LogP contribution in [0.1, 0.15) is 42.7 Å². The number of hydrazone groups is 1. The highest BCUT2D eigenvalue weighted by molar-refractivity contribution is 7.94. The lowest BCUT2D eigenvalue weighted by atomic mass is 10.2. The summed E-state index contributed by atoms with van der Waals surface area (Å²) >= 11 is 0. The molecule has 0 fully saturated rings. The van der Waals surface area contributed by atoms with Crippen molar-refractivity contribution in [2.24, 2.45) is 5.10 Å². The summed E-state index contributed by atoms with van der Waals surface area (Å²) in [6.45, 7) is 3.36. The van der Waals surface area contributed by atoms with Gasteiger partial charge in [0.25, 0.3) is 5.91 Å². The summed E-state index contributed by atoms with van der Waals surface area (Å²) in [4.78, 5) is 12.4. The quantitative estimate of drug-likeness (QED) is 0.334. The van der Waals surface area contributed by atoms with E-state index in [9.17, 15) is 21.6 Å². The molecule has 9 nitrogen and oxygen atoms in total. The first kappa shape index (κ1) is 25.4. The Morgan fingerprint density at radius 1 is 1.00 bits per heavy atom. The Morgan fingerprint density at radius 3 is 2.32 bits per heavy atom. The van der Waals surface area contributed by atoms with Crippen LogP contribution in [-0.4, -0.2) is 52.0 Å². The van der Waals surface area contributed by atoms with Crippen molar-refractivity contribution < 1.29 is 26.4 Å². The van der Waals surface area contributed by atoms with Crippen LogP contribution in [0.2, 0.25) is 0 Å². The summed E-state index contributed by atoms with van der Waals surface area (Å²) in [5.74, 6) is -0.781. The number of aromatic nitrogens is 1. The highest BCUT2D eigenvalue weighted by Crippen LogP contribution is 2.34. The molecule has 1 N–H and O–H groups in total. The Balaban J connectivity index is 2.18. The zero-order valence-electron chi connectivity index (χ0n) is 19.2. The molecule has 0 unspecified atom stereocenters. The molecule has 0 aliphatic carbocycles. The van der Waals surface area contributed by atoms with Gasteiger partial charge in [-0.15, -0.1) is 0 Å². The second-order valence-electron chi connectivity index (χ2n) is 7.58. The minimum atomic E-state index is -4.10. The maximum atomic E-state index is 13.3. The fourth-order valence-electron chi connectivity index (χ4n) is 3.64. The zero-order valence-corrected chi connectivity index (χ0v) is 20.8. The maximum absolute atomic E-state index is 13.3. The van der Waals surface area contributed by atoms with Crippen molar-refractivity contribution in [2.75, 3.05) is 18.6 Å². The number of hydrogen-bond donors (Lipinski definition) is 1. The molecule has 1 aromatic carbocycles. The number of nitrogens with zero attached hydrogens (tertiary/aromatic N) is 2. The largest absolute Gasteiger partial charge is 0.497 e. The second kappa shape index (κ2) is 10.4. The Hall–Kier alpha value is -3.18. The van der Waals surface area contributed by atoms with Crippen LogP contribution in [0.25, 0.3) is 5.52 Å². The first-order chi connectivity index (χ1) is 16.2. The number of fused-ring (bicyclic) bond motifs is 1. The molecule has 0 atom stereocenters. The first-order valence-electron chi connectivity index (χ1n) is 10.7. The summed E-state index contributed by atoms with van der Waals surface area (Å²) in [5, 5.41) is 3.94. The van der Waals surface area contributed by atoms with E-state index in [1.54, 1.807) is 50.2 Å². The number of carbonyl (C=O) groups is 1. The molecule has 34 heavy (non-hydrogen) atoms. The topological polar surface area (TPSA) is 123 Å². The van der Waals surface area contributed by atoms with E-state index < -0.39 is 30.5 Å². The van der Waals surface area contributed by atoms with Crippen LogP contribution in [0, 0.1) is 0 Å². The van der Waals surface area contributed by atoms with Gasteiger partial charge in [-0.05, 0) is 42.7 Å². The average Bonchev–Trinajstić information content (AvgIpc) is 3.16. The molecule has 0 saturated carbocycles. The van der Waals surface area contributed by atoms with E-state index in [4.69, 9.17) is 4.74 Å². The van der Waals surface area contributed by atoms with Crippen molar-refractivity contribution >= 4 is 37.3 Å². The fourth-order valence-corrected chi connectivity index (χ4v) is 7.62. The molecule has 0 aliphatic rings. The molecule has 0 spiro atoms. The van der Waals surface area contributed by atoms with Gasteiger partial charge in [-0.25, -0.2) is 22.3 Å². The number of hydrogen-bond acceptors (Lipinski definition) is 7. The third kappa shape index (κ3) is 5.15. The van der Waals surface area contributed by atoms with Gasteiger partial charge < -0.3 is 9.14 Å². The average molecular weight is 506 g/mol. The SMILES string of the molecule is CCCS(=O)(=O)c1c(S(=O)(=O)CCC)c2ccccn2c1C(=O)N/N=C/c1cccc(OC)c1. The number of methoxy groups -OCH3 is 1. The molecule has 2 heterocycles. The molecular formula is C23H27N3O6S2. The molecule has 1 amide bonds. The van der Waals surface area contributed by atoms with Gasteiger partial charge in [0.05, 0.1) is 30.3 Å². The van der Waals surface area contributed by atoms with Crippen molar-refractivity contribution in [3.63, 3.8) is 0 Å². The van der Waals surface area contributed by atoms with Gasteiger partial charge in [0.1, 0.15) is 21.2 Å². The standard InChI is InChI=1S/C23H27N3O6S2/c1-4-13-33(28,29)21-19-11-6-7-12-26(19)20(22(21)34(30,31)14-5-2)23(27)25-24-16-17-9-8-10-18(15-17)32-3/h6-12,15-16H,4-5,13-14H2,1-3H3,(H,25,27)/b24-16+. The van der Waals surface area contributed by atoms with Gasteiger partial charge in [0.15, 0.2) is 19.7 Å². The van der Waals surface area contributed by atoms with Gasteiger partial charge >= 0.3 is 0 Å². The molecule has 3 aromatic rings. The highest BCUT2D eigenvalue weighted by Gasteiger charge is 2.36. The van der Waals surface area contributed by atoms with E-state index in [0.717, 1.165) is 0 Å². The Kier molecular flexibility index (Phi) is 7.78. The number of benzene rings is 1. The van der Waals surface area contributed by atoms with Crippen LogP contribution in [0.5, 0.6) is 5.75 Å². The maximum Gasteiger partial charge on any atom is 0.289 e. The summed E-state index contributed by atoms with van der Waals surface area (Å²) in [6.07, 6.45) is 3.40. The Morgan fingerprint density at radius 2 is 1.68 bits per heavy atom. The predicted molar refractivity (Wildman–Crippen MR) is 130 cm³/mol. The zero-order chi connectivity index (χ0) is 24.9. The molecule has 11 heteroatoms. The Labute approximate surface area is 199 Å². The van der Waals surface area contributed by atoms with Crippen molar-refractivity contribution in [2.45, 2.75) is 36.5 Å². The molecule has 0 aliphatic heterocycles. The van der Waals surface area contributed by atoms with E-state index in [2.05, 4.69) is 10.5 Å². The van der Waals surface area contributed by atoms with Gasteiger partial charge in [0.2, 0.25) is 0 Å². The predicted octanol–water partition coefficient (Wildman–Crippen LogP) is 3.08. The van der Waals surface area contributed by atoms with Crippen molar-refractivity contribution in [1.29, 1.82) is 0 Å². The summed E-state index contributed by atoms with van der Waals surface area (Å²) in [5.41, 5.74) is 2.82. The lowest BCUT2D eigenvalue weighted by Gasteiger charge is -2.08. The molecule has 0 radical (unpaired) electrons. The van der Waals surface area contributed by atoms with E-state index in [0.29, 0.717) is 17.7 Å². The third-order valence-electron chi connectivity index (χ3n) is 5.01. The van der Waals surface area contributed by atoms with E-state index in [1.165, 1.54) is 30.0 Å². The Bertz CT molecular complexity index is 1440. The van der Waals surface area contributed by atoms with Crippen LogP contribution in [0.15, 0.2) is 63.6 Å². The van der Waals surface area contributed by atoms with Crippen LogP contribution < -0.4 is 10.2 Å². The van der Waals surface area contributed by atoms with Crippen molar-refractivity contribution in [3.05, 3.63) is 59.9 Å². The van der Waals surface area contributed by atoms with Crippen LogP contribution in [-0.2, 0) is 19.7 Å². The second-order valence-corrected chi connectivity index (χ2v) is 11.7. The number of carbonyl (C=O) groups excluding carboxylic acids is 1. The number of rotatable bonds is 10. The van der Waals surface area contributed by atoms with E-state index >= 15 is 0 Å². The van der Waals surface area contributed by atoms with Crippen LogP contribution in [0.3, 0.4) is 0 Å². The van der Waals surface area contributed by atoms with Gasteiger partial charge in [-0.1, -0.05) is 32.0 Å². The van der Waals surface area contributed by atoms with E-state index in [1.807, 2.05) is 0 Å². The molecule has 182 valence electrons. The third-order valence-corrected chi connectivity index (χ3v) is 9.09. The number of nitrogens with one attached hydrogen (secondary N) is 1. The number of ether oxygens (including phenoxy) is 1. The summed E-state index contributed by atoms with van der Waals surface area (Å²) in [7, 11) is -6.55. The lowest BCUT2D eigenvalue weighted by molar-refractivity contribution is 0.0945. The number of pyridine rings is 1. The van der Waals surface area contributed by atoms with Crippen molar-refractivity contribution in [3.8, 4) is 5.75 Å². The normalized spacial score (nSPS) is 12.3. The van der Waals surface area contributed by atoms with Gasteiger partial charge in [0, 0.05) is 6.20 Å². The van der Waals surface area contributed by atoms with Gasteiger partial charge in [-0.3, -0.25) is 4.79 Å². The molecule has 0 saturated heterocycles. The van der Waals surface area contributed by atoms with Gasteiger partial charge in [-0.2, -0.15) is 5.10 Å². The summed E-state index contributed by atoms with van der Waals surface area (Å²) < 4.78 is 59.3. The highest BCUT2D eigenvalue weighted by atomic mass is 32.2. The van der Waals surface area contributed by atoms with E-state index in [-0.39, 0.29) is 34.0 Å². The minimum absolute atomic E-state index is 0.132. The molecular weight excluding hydrogens is 478 g/mol. The number of amides is 1. The smallest absolute Gasteiger partial charge is 0.289 e. The first-order valence-corrected chi connectivity index (χ1v) is 14.0. The molecule has 3 rings (SSSR count). The van der Waals surface area contributed by atoms with Crippen LogP contribution >= 0.6 is 0 Å². The fraction of sp³-hybridized carbons (Fsp3) is 0.304. The molecule has 2 aromatic heterocycles.